The van der Waals surface area contributed by atoms with E-state index in [2.05, 4.69) is 4.90 Å². The monoisotopic (exact) mass is 370 g/mol. The highest BCUT2D eigenvalue weighted by molar-refractivity contribution is 5.95. The number of fused-ring (bicyclic) bond motifs is 5. The van der Waals surface area contributed by atoms with E-state index >= 15 is 0 Å². The summed E-state index contributed by atoms with van der Waals surface area (Å²) in [4.78, 5) is 30.1. The molecule has 6 nitrogen and oxygen atoms in total. The highest BCUT2D eigenvalue weighted by atomic mass is 16.6. The minimum absolute atomic E-state index is 0.0119. The molecular formula is C21H26N2O4. The summed E-state index contributed by atoms with van der Waals surface area (Å²) in [6.45, 7) is 3.09. The summed E-state index contributed by atoms with van der Waals surface area (Å²) in [6, 6.07) is 5.55. The zero-order chi connectivity index (χ0) is 18.4. The molecule has 4 heterocycles. The minimum atomic E-state index is -0.0509. The van der Waals surface area contributed by atoms with Crippen molar-refractivity contribution >= 4 is 11.8 Å². The van der Waals surface area contributed by atoms with E-state index in [4.69, 9.17) is 9.47 Å². The van der Waals surface area contributed by atoms with Crippen molar-refractivity contribution in [2.75, 3.05) is 32.8 Å². The molecule has 1 aromatic rings. The Morgan fingerprint density at radius 2 is 1.85 bits per heavy atom. The van der Waals surface area contributed by atoms with Crippen LogP contribution in [0, 0.1) is 11.8 Å². The quantitative estimate of drug-likeness (QED) is 0.819. The molecule has 0 N–H and O–H groups in total. The first-order valence-electron chi connectivity index (χ1n) is 10.2. The van der Waals surface area contributed by atoms with Gasteiger partial charge in [0.25, 0.3) is 5.91 Å². The van der Waals surface area contributed by atoms with Crippen molar-refractivity contribution in [3.8, 4) is 11.5 Å². The second-order valence-corrected chi connectivity index (χ2v) is 8.28. The van der Waals surface area contributed by atoms with Crippen LogP contribution in [0.4, 0.5) is 0 Å². The lowest BCUT2D eigenvalue weighted by Crippen LogP contribution is -2.50. The molecule has 2 bridgehead atoms. The van der Waals surface area contributed by atoms with Crippen molar-refractivity contribution < 1.29 is 19.1 Å². The molecule has 2 amide bonds. The Morgan fingerprint density at radius 1 is 1.04 bits per heavy atom. The Hall–Kier alpha value is -2.24. The van der Waals surface area contributed by atoms with Gasteiger partial charge in [-0.2, -0.15) is 0 Å². The van der Waals surface area contributed by atoms with Crippen LogP contribution in [0.2, 0.25) is 0 Å². The molecule has 0 aromatic heterocycles. The molecule has 2 atom stereocenters. The fraction of sp³-hybridized carbons (Fsp3) is 0.619. The summed E-state index contributed by atoms with van der Waals surface area (Å²) >= 11 is 0. The molecular weight excluding hydrogens is 344 g/mol. The van der Waals surface area contributed by atoms with Gasteiger partial charge in [0, 0.05) is 31.2 Å². The number of rotatable bonds is 3. The lowest BCUT2D eigenvalue weighted by atomic mass is 9.83. The third-order valence-corrected chi connectivity index (χ3v) is 6.55. The summed E-state index contributed by atoms with van der Waals surface area (Å²) in [6.07, 6.45) is 5.67. The number of ether oxygens (including phenoxy) is 2. The van der Waals surface area contributed by atoms with Gasteiger partial charge in [0.15, 0.2) is 11.5 Å². The third kappa shape index (κ3) is 3.05. The van der Waals surface area contributed by atoms with Gasteiger partial charge in [-0.3, -0.25) is 9.59 Å². The molecule has 2 unspecified atom stereocenters. The molecule has 1 aromatic carbocycles. The Bertz CT molecular complexity index is 761. The van der Waals surface area contributed by atoms with Crippen molar-refractivity contribution in [3.05, 3.63) is 23.8 Å². The van der Waals surface area contributed by atoms with Crippen LogP contribution >= 0.6 is 0 Å². The Balaban J connectivity index is 1.35. The predicted octanol–water partition coefficient (Wildman–Crippen LogP) is 2.32. The topological polar surface area (TPSA) is 59.1 Å². The smallest absolute Gasteiger partial charge is 0.254 e. The summed E-state index contributed by atoms with van der Waals surface area (Å²) in [5, 5.41) is 0. The average molecular weight is 370 g/mol. The molecule has 1 saturated carbocycles. The maximum absolute atomic E-state index is 13.2. The van der Waals surface area contributed by atoms with E-state index < -0.39 is 0 Å². The molecule has 144 valence electrons. The standard InChI is InChI=1S/C21H26N2O4/c24-20(15-5-7-18-19(10-15)27-9-8-26-18)22-12-16-4-6-17(13-22)23(21(16)25)11-14-2-1-3-14/h5,7,10,14,16-17H,1-4,6,8-9,11-13H2. The normalized spacial score (nSPS) is 27.3. The van der Waals surface area contributed by atoms with Crippen LogP contribution < -0.4 is 9.47 Å². The number of benzene rings is 1. The van der Waals surface area contributed by atoms with Gasteiger partial charge in [-0.15, -0.1) is 0 Å². The molecule has 1 aliphatic carbocycles. The number of amides is 2. The summed E-state index contributed by atoms with van der Waals surface area (Å²) in [5.41, 5.74) is 0.610. The van der Waals surface area contributed by atoms with Crippen LogP contribution in [-0.4, -0.2) is 60.5 Å². The fourth-order valence-electron chi connectivity index (χ4n) is 4.76. The van der Waals surface area contributed by atoms with Gasteiger partial charge in [-0.25, -0.2) is 0 Å². The van der Waals surface area contributed by atoms with Crippen LogP contribution in [-0.2, 0) is 4.79 Å². The van der Waals surface area contributed by atoms with Crippen LogP contribution in [0.25, 0.3) is 0 Å². The summed E-state index contributed by atoms with van der Waals surface area (Å²) in [7, 11) is 0. The van der Waals surface area contributed by atoms with E-state index in [0.29, 0.717) is 49.3 Å². The van der Waals surface area contributed by atoms with Crippen molar-refractivity contribution in [1.82, 2.24) is 9.80 Å². The van der Waals surface area contributed by atoms with Crippen LogP contribution in [0.3, 0.4) is 0 Å². The van der Waals surface area contributed by atoms with Gasteiger partial charge in [0.2, 0.25) is 5.91 Å². The van der Waals surface area contributed by atoms with Gasteiger partial charge in [-0.05, 0) is 49.8 Å². The minimum Gasteiger partial charge on any atom is -0.486 e. The van der Waals surface area contributed by atoms with Crippen molar-refractivity contribution in [2.45, 2.75) is 38.1 Å². The summed E-state index contributed by atoms with van der Waals surface area (Å²) in [5.74, 6) is 2.18. The zero-order valence-corrected chi connectivity index (χ0v) is 15.6. The Labute approximate surface area is 159 Å². The highest BCUT2D eigenvalue weighted by Crippen LogP contribution is 2.35. The van der Waals surface area contributed by atoms with Crippen LogP contribution in [0.1, 0.15) is 42.5 Å². The third-order valence-electron chi connectivity index (χ3n) is 6.55. The molecule has 0 radical (unpaired) electrons. The van der Waals surface area contributed by atoms with Gasteiger partial charge in [-0.1, -0.05) is 6.42 Å². The second kappa shape index (κ2) is 6.73. The molecule has 4 fully saturated rings. The van der Waals surface area contributed by atoms with Gasteiger partial charge < -0.3 is 19.3 Å². The molecule has 5 aliphatic rings. The lowest BCUT2D eigenvalue weighted by molar-refractivity contribution is -0.141. The van der Waals surface area contributed by atoms with Crippen LogP contribution in [0.5, 0.6) is 11.5 Å². The van der Waals surface area contributed by atoms with Crippen molar-refractivity contribution in [2.24, 2.45) is 11.8 Å². The first-order chi connectivity index (χ1) is 13.2. The maximum atomic E-state index is 13.2. The molecule has 3 saturated heterocycles. The Kier molecular flexibility index (Phi) is 4.21. The SMILES string of the molecule is O=C(c1ccc2c(c1)OCCO2)N1CC2CCC(C1)N(CC1CCC1)C2=O. The molecule has 0 spiro atoms. The maximum Gasteiger partial charge on any atom is 0.254 e. The number of carbonyl (C=O) groups is 2. The predicted molar refractivity (Wildman–Crippen MR) is 98.9 cm³/mol. The van der Waals surface area contributed by atoms with E-state index in [1.54, 1.807) is 12.1 Å². The van der Waals surface area contributed by atoms with Crippen molar-refractivity contribution in [1.29, 1.82) is 0 Å². The largest absolute Gasteiger partial charge is 0.486 e. The van der Waals surface area contributed by atoms with Gasteiger partial charge in [0.1, 0.15) is 13.2 Å². The average Bonchev–Trinajstić information content (AvgIpc) is 2.95. The highest BCUT2D eigenvalue weighted by Gasteiger charge is 2.43. The first kappa shape index (κ1) is 16.9. The summed E-state index contributed by atoms with van der Waals surface area (Å²) < 4.78 is 11.2. The number of nitrogens with zero attached hydrogens (tertiary/aromatic N) is 2. The van der Waals surface area contributed by atoms with E-state index in [1.165, 1.54) is 19.3 Å². The number of hydrogen-bond donors (Lipinski definition) is 0. The fourth-order valence-corrected chi connectivity index (χ4v) is 4.76. The van der Waals surface area contributed by atoms with E-state index in [-0.39, 0.29) is 23.8 Å². The Morgan fingerprint density at radius 3 is 2.63 bits per heavy atom. The zero-order valence-electron chi connectivity index (χ0n) is 15.6. The van der Waals surface area contributed by atoms with Gasteiger partial charge in [0.05, 0.1) is 5.92 Å². The number of carbonyl (C=O) groups excluding carboxylic acids is 2. The van der Waals surface area contributed by atoms with Crippen LogP contribution in [0.15, 0.2) is 18.2 Å². The molecule has 4 aliphatic heterocycles. The molecule has 27 heavy (non-hydrogen) atoms. The molecule has 6 rings (SSSR count). The second-order valence-electron chi connectivity index (χ2n) is 8.28. The first-order valence-corrected chi connectivity index (χ1v) is 10.2. The van der Waals surface area contributed by atoms with Crippen molar-refractivity contribution in [3.63, 3.8) is 0 Å². The van der Waals surface area contributed by atoms with E-state index in [1.807, 2.05) is 11.0 Å². The van der Waals surface area contributed by atoms with Gasteiger partial charge >= 0.3 is 0 Å². The van der Waals surface area contributed by atoms with E-state index in [0.717, 1.165) is 19.4 Å². The number of hydrogen-bond acceptors (Lipinski definition) is 4. The molecule has 6 heteroatoms. The van der Waals surface area contributed by atoms with E-state index in [9.17, 15) is 9.59 Å². The lowest BCUT2D eigenvalue weighted by Gasteiger charge is -2.40. The number of piperidine rings is 1.